The number of carbonyl (C=O) groups excluding carboxylic acids is 3. The number of rotatable bonds is 3. The van der Waals surface area contributed by atoms with E-state index >= 15 is 0 Å². The van der Waals surface area contributed by atoms with E-state index in [2.05, 4.69) is 10.3 Å². The van der Waals surface area contributed by atoms with Gasteiger partial charge in [0, 0.05) is 14.1 Å². The molecule has 120 valence electrons. The average molecular weight is 336 g/mol. The smallest absolute Gasteiger partial charge is 0.315 e. The summed E-state index contributed by atoms with van der Waals surface area (Å²) in [6, 6.07) is 3.28. The Kier molecular flexibility index (Phi) is 3.72. The van der Waals surface area contributed by atoms with Crippen LogP contribution in [0.25, 0.3) is 10.2 Å². The zero-order valence-corrected chi connectivity index (χ0v) is 13.2. The summed E-state index contributed by atoms with van der Waals surface area (Å²) in [6.07, 6.45) is -0.177. The minimum Gasteiger partial charge on any atom is -0.315 e. The molecule has 1 unspecified atom stereocenters. The Balaban J connectivity index is 1.73. The molecule has 1 fully saturated rings. The molecule has 23 heavy (non-hydrogen) atoms. The van der Waals surface area contributed by atoms with Crippen LogP contribution in [0.1, 0.15) is 6.42 Å². The summed E-state index contributed by atoms with van der Waals surface area (Å²) in [6.45, 7) is 0. The number of likely N-dealkylation sites (N-methyl/N-ethyl adjacent to an activating group) is 2. The first-order valence-corrected chi connectivity index (χ1v) is 7.59. The molecule has 0 radical (unpaired) electrons. The number of imide groups is 1. The molecule has 1 atom stereocenters. The predicted molar refractivity (Wildman–Crippen MR) is 82.5 cm³/mol. The number of carbonyl (C=O) groups is 3. The second-order valence-electron chi connectivity index (χ2n) is 5.16. The highest BCUT2D eigenvalue weighted by Gasteiger charge is 2.41. The fraction of sp³-hybridized carbons (Fsp3) is 0.286. The molecule has 2 aromatic rings. The molecular formula is C14H13FN4O3S. The summed E-state index contributed by atoms with van der Waals surface area (Å²) < 4.78 is 14.2. The summed E-state index contributed by atoms with van der Waals surface area (Å²) >= 11 is 1.14. The van der Waals surface area contributed by atoms with E-state index in [-0.39, 0.29) is 17.1 Å². The molecule has 1 aliphatic heterocycles. The second-order valence-corrected chi connectivity index (χ2v) is 6.20. The van der Waals surface area contributed by atoms with Crippen molar-refractivity contribution in [2.45, 2.75) is 12.5 Å². The van der Waals surface area contributed by atoms with Crippen molar-refractivity contribution in [1.29, 1.82) is 0 Å². The summed E-state index contributed by atoms with van der Waals surface area (Å²) in [5.74, 6) is -1.35. The monoisotopic (exact) mass is 336 g/mol. The average Bonchev–Trinajstić information content (AvgIpc) is 2.99. The molecule has 0 bridgehead atoms. The standard InChI is InChI=1S/C14H13FN4O3S/c1-18-8(12(21)19(2)14(18)22)6-10(20)16-13-17-11-7(15)4-3-5-9(11)23-13/h3-5,8H,6H2,1-2H3,(H,16,17,20). The van der Waals surface area contributed by atoms with Crippen LogP contribution in [0.15, 0.2) is 18.2 Å². The molecule has 1 N–H and O–H groups in total. The van der Waals surface area contributed by atoms with Crippen molar-refractivity contribution in [2.24, 2.45) is 0 Å². The lowest BCUT2D eigenvalue weighted by molar-refractivity contribution is -0.129. The Hall–Kier alpha value is -2.55. The second kappa shape index (κ2) is 5.58. The van der Waals surface area contributed by atoms with Gasteiger partial charge in [0.1, 0.15) is 17.4 Å². The number of urea groups is 1. The van der Waals surface area contributed by atoms with E-state index in [1.807, 2.05) is 0 Å². The number of anilines is 1. The molecular weight excluding hydrogens is 323 g/mol. The summed E-state index contributed by atoms with van der Waals surface area (Å²) in [4.78, 5) is 41.9. The normalized spacial score (nSPS) is 18.1. The quantitative estimate of drug-likeness (QED) is 0.864. The van der Waals surface area contributed by atoms with Crippen LogP contribution in [0.4, 0.5) is 14.3 Å². The van der Waals surface area contributed by atoms with Crippen molar-refractivity contribution in [3.8, 4) is 0 Å². The lowest BCUT2D eigenvalue weighted by atomic mass is 10.2. The van der Waals surface area contributed by atoms with Crippen LogP contribution < -0.4 is 5.32 Å². The van der Waals surface area contributed by atoms with Crippen LogP contribution in [-0.2, 0) is 9.59 Å². The third-order valence-corrected chi connectivity index (χ3v) is 4.60. The highest BCUT2D eigenvalue weighted by Crippen LogP contribution is 2.28. The maximum Gasteiger partial charge on any atom is 0.326 e. The van der Waals surface area contributed by atoms with Crippen LogP contribution in [0.5, 0.6) is 0 Å². The molecule has 2 heterocycles. The Morgan fingerprint density at radius 3 is 2.74 bits per heavy atom. The lowest BCUT2D eigenvalue weighted by Gasteiger charge is -2.15. The SMILES string of the molecule is CN1C(=O)C(CC(=O)Nc2nc3c(F)cccc3s2)N(C)C1=O. The summed E-state index contributed by atoms with van der Waals surface area (Å²) in [7, 11) is 2.84. The highest BCUT2D eigenvalue weighted by molar-refractivity contribution is 7.22. The zero-order valence-electron chi connectivity index (χ0n) is 12.4. The first kappa shape index (κ1) is 15.3. The van der Waals surface area contributed by atoms with Crippen LogP contribution in [0, 0.1) is 5.82 Å². The number of amides is 4. The van der Waals surface area contributed by atoms with Crippen molar-refractivity contribution < 1.29 is 18.8 Å². The van der Waals surface area contributed by atoms with Crippen LogP contribution in [0.2, 0.25) is 0 Å². The van der Waals surface area contributed by atoms with Crippen molar-refractivity contribution in [1.82, 2.24) is 14.8 Å². The predicted octanol–water partition coefficient (Wildman–Crippen LogP) is 1.66. The molecule has 1 aromatic carbocycles. The first-order chi connectivity index (χ1) is 10.9. The van der Waals surface area contributed by atoms with E-state index < -0.39 is 29.7 Å². The lowest BCUT2D eigenvalue weighted by Crippen LogP contribution is -2.35. The van der Waals surface area contributed by atoms with Gasteiger partial charge in [0.15, 0.2) is 5.13 Å². The Labute approximate surface area is 134 Å². The largest absolute Gasteiger partial charge is 0.326 e. The number of benzene rings is 1. The van der Waals surface area contributed by atoms with Gasteiger partial charge in [0.05, 0.1) is 11.1 Å². The fourth-order valence-corrected chi connectivity index (χ4v) is 3.29. The van der Waals surface area contributed by atoms with E-state index in [1.165, 1.54) is 25.1 Å². The topological polar surface area (TPSA) is 82.6 Å². The van der Waals surface area contributed by atoms with Gasteiger partial charge in [0.2, 0.25) is 5.91 Å². The number of hydrogen-bond acceptors (Lipinski definition) is 5. The van der Waals surface area contributed by atoms with Gasteiger partial charge in [0.25, 0.3) is 5.91 Å². The summed E-state index contributed by atoms with van der Waals surface area (Å²) in [5, 5.41) is 2.80. The third-order valence-electron chi connectivity index (χ3n) is 3.67. The maximum absolute atomic E-state index is 13.6. The number of nitrogens with zero attached hydrogens (tertiary/aromatic N) is 3. The first-order valence-electron chi connectivity index (χ1n) is 6.77. The van der Waals surface area contributed by atoms with Crippen LogP contribution in [0.3, 0.4) is 0 Å². The number of para-hydroxylation sites is 1. The molecule has 0 saturated carbocycles. The molecule has 3 rings (SSSR count). The van der Waals surface area contributed by atoms with Gasteiger partial charge in [-0.05, 0) is 12.1 Å². The third kappa shape index (κ3) is 2.63. The molecule has 1 saturated heterocycles. The van der Waals surface area contributed by atoms with Gasteiger partial charge in [-0.25, -0.2) is 14.2 Å². The van der Waals surface area contributed by atoms with Gasteiger partial charge < -0.3 is 10.2 Å². The number of halogens is 1. The van der Waals surface area contributed by atoms with Gasteiger partial charge in [-0.1, -0.05) is 17.4 Å². The molecule has 7 nitrogen and oxygen atoms in total. The Morgan fingerprint density at radius 2 is 2.13 bits per heavy atom. The van der Waals surface area contributed by atoms with E-state index in [0.29, 0.717) is 4.70 Å². The Bertz CT molecular complexity index is 821. The minimum atomic E-state index is -0.835. The van der Waals surface area contributed by atoms with Gasteiger partial charge in [-0.3, -0.25) is 14.5 Å². The molecule has 1 aromatic heterocycles. The van der Waals surface area contributed by atoms with E-state index in [1.54, 1.807) is 12.1 Å². The maximum atomic E-state index is 13.6. The summed E-state index contributed by atoms with van der Waals surface area (Å²) in [5.41, 5.74) is 0.191. The van der Waals surface area contributed by atoms with Crippen molar-refractivity contribution in [2.75, 3.05) is 19.4 Å². The molecule has 4 amide bonds. The van der Waals surface area contributed by atoms with Gasteiger partial charge >= 0.3 is 6.03 Å². The number of aromatic nitrogens is 1. The van der Waals surface area contributed by atoms with Crippen LogP contribution >= 0.6 is 11.3 Å². The van der Waals surface area contributed by atoms with Crippen LogP contribution in [-0.4, -0.2) is 52.8 Å². The molecule has 0 aliphatic carbocycles. The molecule has 0 spiro atoms. The number of thiazole rings is 1. The van der Waals surface area contributed by atoms with E-state index in [9.17, 15) is 18.8 Å². The molecule has 9 heteroatoms. The number of hydrogen-bond donors (Lipinski definition) is 1. The van der Waals surface area contributed by atoms with Gasteiger partial charge in [-0.2, -0.15) is 0 Å². The Morgan fingerprint density at radius 1 is 1.39 bits per heavy atom. The molecule has 1 aliphatic rings. The number of nitrogens with one attached hydrogen (secondary N) is 1. The minimum absolute atomic E-state index is 0.177. The van der Waals surface area contributed by atoms with Crippen molar-refractivity contribution in [3.05, 3.63) is 24.0 Å². The van der Waals surface area contributed by atoms with Crippen molar-refractivity contribution in [3.63, 3.8) is 0 Å². The van der Waals surface area contributed by atoms with Crippen molar-refractivity contribution >= 4 is 44.5 Å². The zero-order chi connectivity index (χ0) is 16.7. The van der Waals surface area contributed by atoms with E-state index in [4.69, 9.17) is 0 Å². The van der Waals surface area contributed by atoms with Gasteiger partial charge in [-0.15, -0.1) is 0 Å². The fourth-order valence-electron chi connectivity index (χ4n) is 2.39. The number of fused-ring (bicyclic) bond motifs is 1. The highest BCUT2D eigenvalue weighted by atomic mass is 32.1. The van der Waals surface area contributed by atoms with E-state index in [0.717, 1.165) is 16.2 Å².